The van der Waals surface area contributed by atoms with Crippen LogP contribution in [0.1, 0.15) is 48.6 Å². The third-order valence-corrected chi connectivity index (χ3v) is 5.87. The first-order valence-corrected chi connectivity index (χ1v) is 8.56. The molecule has 0 radical (unpaired) electrons. The van der Waals surface area contributed by atoms with Gasteiger partial charge in [-0.1, -0.05) is 19.3 Å². The van der Waals surface area contributed by atoms with Gasteiger partial charge in [-0.15, -0.1) is 16.4 Å². The van der Waals surface area contributed by atoms with E-state index in [0.29, 0.717) is 23.2 Å². The van der Waals surface area contributed by atoms with Crippen molar-refractivity contribution in [2.24, 2.45) is 0 Å². The second kappa shape index (κ2) is 4.81. The number of nitrogen functional groups attached to an aromatic ring is 1. The lowest BCUT2D eigenvalue weighted by Gasteiger charge is -2.23. The highest BCUT2D eigenvalue weighted by Gasteiger charge is 2.24. The Hall–Kier alpha value is -1.89. The maximum absolute atomic E-state index is 12.8. The van der Waals surface area contributed by atoms with E-state index >= 15 is 0 Å². The number of fused-ring (bicyclic) bond motifs is 2. The number of thiophene rings is 1. The Bertz CT molecular complexity index is 929. The molecule has 0 aromatic carbocycles. The van der Waals surface area contributed by atoms with Gasteiger partial charge < -0.3 is 5.73 Å². The molecule has 0 aliphatic heterocycles. The molecule has 3 aromatic heterocycles. The first-order chi connectivity index (χ1) is 10.6. The predicted octanol–water partition coefficient (Wildman–Crippen LogP) is 2.81. The zero-order valence-electron chi connectivity index (χ0n) is 12.8. The van der Waals surface area contributed by atoms with Crippen molar-refractivity contribution in [1.29, 1.82) is 0 Å². The third-order valence-electron chi connectivity index (χ3n) is 4.77. The van der Waals surface area contributed by atoms with Crippen molar-refractivity contribution in [3.8, 4) is 0 Å². The van der Waals surface area contributed by atoms with E-state index < -0.39 is 0 Å². The molecule has 22 heavy (non-hydrogen) atoms. The number of anilines is 1. The van der Waals surface area contributed by atoms with Crippen LogP contribution in [0.3, 0.4) is 0 Å². The molecule has 3 aromatic rings. The predicted molar refractivity (Wildman–Crippen MR) is 88.6 cm³/mol. The maximum atomic E-state index is 12.8. The van der Waals surface area contributed by atoms with Crippen molar-refractivity contribution in [1.82, 2.24) is 19.2 Å². The number of nitrogens with zero attached hydrogens (tertiary/aromatic N) is 4. The van der Waals surface area contributed by atoms with Gasteiger partial charge in [-0.2, -0.15) is 4.52 Å². The fourth-order valence-electron chi connectivity index (χ4n) is 3.46. The Morgan fingerprint density at radius 2 is 1.95 bits per heavy atom. The van der Waals surface area contributed by atoms with E-state index in [1.807, 2.05) is 18.4 Å². The molecule has 0 amide bonds. The normalized spacial score (nSPS) is 16.8. The lowest BCUT2D eigenvalue weighted by Crippen LogP contribution is -2.18. The summed E-state index contributed by atoms with van der Waals surface area (Å²) >= 11 is 1.57. The highest BCUT2D eigenvalue weighted by Crippen LogP contribution is 2.32. The van der Waals surface area contributed by atoms with Gasteiger partial charge in [0.2, 0.25) is 11.7 Å². The quantitative estimate of drug-likeness (QED) is 0.748. The van der Waals surface area contributed by atoms with Gasteiger partial charge in [-0.05, 0) is 32.3 Å². The van der Waals surface area contributed by atoms with Gasteiger partial charge in [0.1, 0.15) is 4.83 Å². The van der Waals surface area contributed by atoms with Gasteiger partial charge >= 0.3 is 0 Å². The molecule has 116 valence electrons. The third kappa shape index (κ3) is 1.81. The number of rotatable bonds is 1. The van der Waals surface area contributed by atoms with Crippen LogP contribution < -0.4 is 11.3 Å². The molecule has 0 unspecified atom stereocenters. The average molecular weight is 317 g/mol. The van der Waals surface area contributed by atoms with Crippen molar-refractivity contribution >= 4 is 33.3 Å². The van der Waals surface area contributed by atoms with Crippen LogP contribution in [0.15, 0.2) is 4.79 Å². The van der Waals surface area contributed by atoms with E-state index in [1.165, 1.54) is 23.8 Å². The number of aryl methyl sites for hydroxylation is 2. The van der Waals surface area contributed by atoms with Gasteiger partial charge in [0.15, 0.2) is 0 Å². The van der Waals surface area contributed by atoms with Crippen molar-refractivity contribution < 1.29 is 0 Å². The monoisotopic (exact) mass is 317 g/mol. The Morgan fingerprint density at radius 3 is 2.68 bits per heavy atom. The molecule has 6 nitrogen and oxygen atoms in total. The summed E-state index contributed by atoms with van der Waals surface area (Å²) in [5, 5.41) is 4.95. The van der Waals surface area contributed by atoms with Crippen LogP contribution in [0.4, 0.5) is 5.95 Å². The second-order valence-electron chi connectivity index (χ2n) is 6.11. The molecule has 7 heteroatoms. The summed E-state index contributed by atoms with van der Waals surface area (Å²) in [5.74, 6) is 0.978. The smallest absolute Gasteiger partial charge is 0.284 e. The van der Waals surface area contributed by atoms with Gasteiger partial charge in [-0.3, -0.25) is 9.36 Å². The number of hydrogen-bond donors (Lipinski definition) is 1. The van der Waals surface area contributed by atoms with E-state index in [2.05, 4.69) is 5.10 Å². The van der Waals surface area contributed by atoms with Gasteiger partial charge in [0.25, 0.3) is 5.56 Å². The molecule has 1 aliphatic carbocycles. The average Bonchev–Trinajstić information content (AvgIpc) is 2.98. The minimum atomic E-state index is -0.108. The minimum Gasteiger partial charge on any atom is -0.368 e. The summed E-state index contributed by atoms with van der Waals surface area (Å²) in [5.41, 5.74) is 7.00. The van der Waals surface area contributed by atoms with Crippen molar-refractivity contribution in [2.45, 2.75) is 52.0 Å². The van der Waals surface area contributed by atoms with Gasteiger partial charge in [0.05, 0.1) is 5.39 Å². The molecule has 0 saturated heterocycles. The van der Waals surface area contributed by atoms with Crippen LogP contribution in [-0.4, -0.2) is 19.2 Å². The number of hydrogen-bond acceptors (Lipinski definition) is 5. The van der Waals surface area contributed by atoms with Crippen LogP contribution in [0.25, 0.3) is 16.0 Å². The van der Waals surface area contributed by atoms with E-state index in [9.17, 15) is 4.79 Å². The van der Waals surface area contributed by atoms with Crippen LogP contribution >= 0.6 is 11.3 Å². The summed E-state index contributed by atoms with van der Waals surface area (Å²) in [6, 6.07) is 0.303. The minimum absolute atomic E-state index is 0.108. The van der Waals surface area contributed by atoms with E-state index in [4.69, 9.17) is 10.7 Å². The largest absolute Gasteiger partial charge is 0.368 e. The highest BCUT2D eigenvalue weighted by molar-refractivity contribution is 7.18. The Morgan fingerprint density at radius 1 is 1.23 bits per heavy atom. The summed E-state index contributed by atoms with van der Waals surface area (Å²) < 4.78 is 3.34. The highest BCUT2D eigenvalue weighted by atomic mass is 32.1. The molecule has 3 heterocycles. The zero-order valence-corrected chi connectivity index (χ0v) is 13.6. The molecule has 1 aliphatic rings. The SMILES string of the molecule is Cc1sc2nc3n(C4CCCCC4)c(N)nn3c(=O)c2c1C. The molecule has 0 spiro atoms. The zero-order chi connectivity index (χ0) is 15.4. The molecule has 4 rings (SSSR count). The fourth-order valence-corrected chi connectivity index (χ4v) is 4.48. The summed E-state index contributed by atoms with van der Waals surface area (Å²) in [6.07, 6.45) is 5.81. The number of nitrogens with two attached hydrogens (primary N) is 1. The Labute approximate surface area is 131 Å². The molecule has 0 atom stereocenters. The fraction of sp³-hybridized carbons (Fsp3) is 0.533. The van der Waals surface area contributed by atoms with Crippen molar-refractivity contribution in [3.05, 3.63) is 20.8 Å². The molecular weight excluding hydrogens is 298 g/mol. The second-order valence-corrected chi connectivity index (χ2v) is 7.32. The van der Waals surface area contributed by atoms with Crippen LogP contribution in [0.2, 0.25) is 0 Å². The first-order valence-electron chi connectivity index (χ1n) is 7.74. The molecular formula is C15H19N5OS. The maximum Gasteiger partial charge on any atom is 0.284 e. The topological polar surface area (TPSA) is 78.2 Å². The molecule has 2 N–H and O–H groups in total. The summed E-state index contributed by atoms with van der Waals surface area (Å²) in [4.78, 5) is 19.4. The lowest BCUT2D eigenvalue weighted by molar-refractivity contribution is 0.361. The van der Waals surface area contributed by atoms with Crippen LogP contribution in [0, 0.1) is 13.8 Å². The Balaban J connectivity index is 2.04. The lowest BCUT2D eigenvalue weighted by atomic mass is 9.95. The molecule has 0 bridgehead atoms. The number of aromatic nitrogens is 4. The van der Waals surface area contributed by atoms with E-state index in [-0.39, 0.29) is 5.56 Å². The van der Waals surface area contributed by atoms with Crippen molar-refractivity contribution in [3.63, 3.8) is 0 Å². The molecule has 1 saturated carbocycles. The molecule has 1 fully saturated rings. The standard InChI is InChI=1S/C15H19N5OS/c1-8-9(2)22-12-11(8)13(21)20-15(17-12)19(14(16)18-20)10-6-4-3-5-7-10/h10H,3-7H2,1-2H3,(H2,16,18). The van der Waals surface area contributed by atoms with E-state index in [0.717, 1.165) is 28.1 Å². The summed E-state index contributed by atoms with van der Waals surface area (Å²) in [6.45, 7) is 3.98. The van der Waals surface area contributed by atoms with Gasteiger partial charge in [-0.25, -0.2) is 4.98 Å². The summed E-state index contributed by atoms with van der Waals surface area (Å²) in [7, 11) is 0. The van der Waals surface area contributed by atoms with Crippen LogP contribution in [-0.2, 0) is 0 Å². The first kappa shape index (κ1) is 13.8. The Kier molecular flexibility index (Phi) is 3.00. The van der Waals surface area contributed by atoms with Gasteiger partial charge in [0, 0.05) is 10.9 Å². The van der Waals surface area contributed by atoms with Crippen LogP contribution in [0.5, 0.6) is 0 Å². The van der Waals surface area contributed by atoms with E-state index in [1.54, 1.807) is 11.3 Å². The van der Waals surface area contributed by atoms with Crippen molar-refractivity contribution in [2.75, 3.05) is 5.73 Å².